The second-order valence-corrected chi connectivity index (χ2v) is 8.12. The van der Waals surface area contributed by atoms with Crippen LogP contribution in [0.4, 0.5) is 11.4 Å². The molecule has 8 nitrogen and oxygen atoms in total. The molecule has 1 aliphatic rings. The minimum Gasteiger partial charge on any atom is -0.497 e. The normalized spacial score (nSPS) is 14.9. The van der Waals surface area contributed by atoms with Gasteiger partial charge >= 0.3 is 0 Å². The Balaban J connectivity index is 1.75. The Morgan fingerprint density at radius 1 is 1.19 bits per heavy atom. The smallest absolute Gasteiger partial charge is 0.293 e. The van der Waals surface area contributed by atoms with E-state index in [1.807, 2.05) is 43.3 Å². The number of carbonyl (C=O) groups excluding carboxylic acids is 1. The number of nitro benzene ring substituents is 1. The van der Waals surface area contributed by atoms with Crippen molar-refractivity contribution in [3.8, 4) is 5.75 Å². The molecule has 1 aliphatic heterocycles. The number of ether oxygens (including phenoxy) is 1. The Hall–Kier alpha value is -3.13. The lowest BCUT2D eigenvalue weighted by molar-refractivity contribution is -0.890. The number of hydrogen-bond donors (Lipinski definition) is 2. The van der Waals surface area contributed by atoms with Crippen LogP contribution >= 0.6 is 0 Å². The molecule has 0 saturated carbocycles. The maximum Gasteiger partial charge on any atom is 0.293 e. The summed E-state index contributed by atoms with van der Waals surface area (Å²) in [5.74, 6) is 0.446. The van der Waals surface area contributed by atoms with Gasteiger partial charge in [0.05, 0.1) is 32.7 Å². The number of nitrogens with zero attached hydrogens (tertiary/aromatic N) is 2. The summed E-state index contributed by atoms with van der Waals surface area (Å²) >= 11 is 0. The summed E-state index contributed by atoms with van der Waals surface area (Å²) in [6.45, 7) is 2.01. The number of hydrogen-bond acceptors (Lipinski definition) is 5. The van der Waals surface area contributed by atoms with Crippen molar-refractivity contribution in [2.24, 2.45) is 0 Å². The van der Waals surface area contributed by atoms with Crippen LogP contribution in [0.15, 0.2) is 42.5 Å². The molecule has 1 amide bonds. The molecule has 0 aliphatic carbocycles. The van der Waals surface area contributed by atoms with E-state index in [1.165, 1.54) is 6.07 Å². The van der Waals surface area contributed by atoms with E-state index in [0.717, 1.165) is 48.6 Å². The molecule has 0 bridgehead atoms. The number of rotatable bonds is 8. The van der Waals surface area contributed by atoms with Crippen LogP contribution in [0.25, 0.3) is 0 Å². The van der Waals surface area contributed by atoms with Gasteiger partial charge < -0.3 is 19.9 Å². The molecule has 0 radical (unpaired) electrons. The Morgan fingerprint density at radius 2 is 1.94 bits per heavy atom. The van der Waals surface area contributed by atoms with E-state index in [4.69, 9.17) is 4.74 Å². The van der Waals surface area contributed by atoms with Gasteiger partial charge in [-0.05, 0) is 43.5 Å². The van der Waals surface area contributed by atoms with Crippen LogP contribution in [-0.2, 0) is 0 Å². The zero-order valence-electron chi connectivity index (χ0n) is 18.4. The molecule has 31 heavy (non-hydrogen) atoms. The monoisotopic (exact) mass is 427 g/mol. The van der Waals surface area contributed by atoms with E-state index in [0.29, 0.717) is 17.8 Å². The van der Waals surface area contributed by atoms with Gasteiger partial charge in [0.1, 0.15) is 17.5 Å². The first-order chi connectivity index (χ1) is 14.9. The highest BCUT2D eigenvalue weighted by Gasteiger charge is 2.24. The molecule has 1 atom stereocenters. The molecule has 0 unspecified atom stereocenters. The number of nitro groups is 1. The largest absolute Gasteiger partial charge is 0.497 e. The molecule has 0 spiro atoms. The molecule has 2 aromatic carbocycles. The van der Waals surface area contributed by atoms with E-state index in [9.17, 15) is 14.9 Å². The Bertz CT molecular complexity index is 926. The molecule has 1 heterocycles. The van der Waals surface area contributed by atoms with E-state index in [1.54, 1.807) is 19.2 Å². The molecule has 1 saturated heterocycles. The Labute approximate surface area is 182 Å². The molecule has 3 rings (SSSR count). The molecule has 2 aromatic rings. The van der Waals surface area contributed by atoms with E-state index < -0.39 is 4.92 Å². The minimum atomic E-state index is -0.399. The maximum absolute atomic E-state index is 12.8. The zero-order valence-corrected chi connectivity index (χ0v) is 18.4. The fourth-order valence-electron chi connectivity index (χ4n) is 4.02. The van der Waals surface area contributed by atoms with E-state index in [-0.39, 0.29) is 17.6 Å². The van der Waals surface area contributed by atoms with Crippen molar-refractivity contribution < 1.29 is 19.4 Å². The predicted molar refractivity (Wildman–Crippen MR) is 120 cm³/mol. The van der Waals surface area contributed by atoms with Gasteiger partial charge in [-0.1, -0.05) is 12.1 Å². The minimum absolute atomic E-state index is 0.0154. The summed E-state index contributed by atoms with van der Waals surface area (Å²) in [4.78, 5) is 27.3. The van der Waals surface area contributed by atoms with Crippen LogP contribution in [-0.4, -0.2) is 51.7 Å². The number of amides is 1. The van der Waals surface area contributed by atoms with Crippen molar-refractivity contribution in [1.82, 2.24) is 5.32 Å². The summed E-state index contributed by atoms with van der Waals surface area (Å²) in [6, 6.07) is 12.6. The fourth-order valence-corrected chi connectivity index (χ4v) is 4.02. The first-order valence-corrected chi connectivity index (χ1v) is 10.7. The average Bonchev–Trinajstić information content (AvgIpc) is 2.79. The summed E-state index contributed by atoms with van der Waals surface area (Å²) in [6.07, 6.45) is 3.20. The lowest BCUT2D eigenvalue weighted by Gasteiger charge is -2.28. The van der Waals surface area contributed by atoms with Crippen LogP contribution in [0.3, 0.4) is 0 Å². The lowest BCUT2D eigenvalue weighted by Crippen LogP contribution is -3.07. The third-order valence-corrected chi connectivity index (χ3v) is 5.79. The number of piperidine rings is 1. The van der Waals surface area contributed by atoms with Gasteiger partial charge in [0.2, 0.25) is 0 Å². The first-order valence-electron chi connectivity index (χ1n) is 10.7. The van der Waals surface area contributed by atoms with Gasteiger partial charge in [-0.2, -0.15) is 0 Å². The number of nitrogens with one attached hydrogen (secondary N) is 2. The molecule has 2 N–H and O–H groups in total. The number of quaternary nitrogens is 1. The first kappa shape index (κ1) is 22.6. The molecule has 1 fully saturated rings. The van der Waals surface area contributed by atoms with Crippen LogP contribution in [0, 0.1) is 10.1 Å². The highest BCUT2D eigenvalue weighted by molar-refractivity contribution is 5.95. The van der Waals surface area contributed by atoms with Gasteiger partial charge in [-0.25, -0.2) is 0 Å². The standard InChI is InChI=1S/C23H30N4O4/c1-25(2)22(17-8-7-9-19(14-17)31-3)16-24-23(28)18-10-11-20(21(15-18)27(29)30)26-12-5-4-6-13-26/h7-11,14-15,22H,4-6,12-13,16H2,1-3H3,(H,24,28)/p+1/t22-/m1/s1. The van der Waals surface area contributed by atoms with Crippen molar-refractivity contribution in [2.45, 2.75) is 25.3 Å². The number of likely N-dealkylation sites (N-methyl/N-ethyl adjacent to an activating group) is 1. The fraction of sp³-hybridized carbons (Fsp3) is 0.435. The third kappa shape index (κ3) is 5.52. The van der Waals surface area contributed by atoms with Gasteiger partial charge in [0, 0.05) is 30.3 Å². The maximum atomic E-state index is 12.8. The van der Waals surface area contributed by atoms with Gasteiger partial charge in [0.15, 0.2) is 0 Å². The molecule has 0 aromatic heterocycles. The summed E-state index contributed by atoms with van der Waals surface area (Å²) in [5, 5.41) is 14.6. The SMILES string of the molecule is COc1cccc([C@@H](CNC(=O)c2ccc(N3CCCCC3)c([N+](=O)[O-])c2)[NH+](C)C)c1. The highest BCUT2D eigenvalue weighted by Crippen LogP contribution is 2.31. The molecule has 8 heteroatoms. The number of methoxy groups -OCH3 is 1. The highest BCUT2D eigenvalue weighted by atomic mass is 16.6. The molecular formula is C23H31N4O4+. The van der Waals surface area contributed by atoms with Gasteiger partial charge in [-0.15, -0.1) is 0 Å². The Kier molecular flexibility index (Phi) is 7.46. The van der Waals surface area contributed by atoms with Gasteiger partial charge in [-0.3, -0.25) is 14.9 Å². The van der Waals surface area contributed by atoms with Crippen LogP contribution in [0.1, 0.15) is 41.2 Å². The number of carbonyl (C=O) groups is 1. The van der Waals surface area contributed by atoms with E-state index >= 15 is 0 Å². The summed E-state index contributed by atoms with van der Waals surface area (Å²) in [7, 11) is 5.67. The predicted octanol–water partition coefficient (Wildman–Crippen LogP) is 2.21. The lowest BCUT2D eigenvalue weighted by atomic mass is 10.0. The summed E-state index contributed by atoms with van der Waals surface area (Å²) < 4.78 is 5.31. The van der Waals surface area contributed by atoms with Crippen LogP contribution in [0.2, 0.25) is 0 Å². The quantitative estimate of drug-likeness (QED) is 0.498. The van der Waals surface area contributed by atoms with Crippen molar-refractivity contribution >= 4 is 17.3 Å². The molecular weight excluding hydrogens is 396 g/mol. The third-order valence-electron chi connectivity index (χ3n) is 5.79. The van der Waals surface area contributed by atoms with Crippen molar-refractivity contribution in [3.63, 3.8) is 0 Å². The van der Waals surface area contributed by atoms with Crippen LogP contribution in [0.5, 0.6) is 5.75 Å². The number of anilines is 1. The van der Waals surface area contributed by atoms with Crippen LogP contribution < -0.4 is 19.9 Å². The zero-order chi connectivity index (χ0) is 22.4. The second-order valence-electron chi connectivity index (χ2n) is 8.12. The van der Waals surface area contributed by atoms with E-state index in [2.05, 4.69) is 5.32 Å². The van der Waals surface area contributed by atoms with Crippen molar-refractivity contribution in [3.05, 3.63) is 63.7 Å². The second kappa shape index (κ2) is 10.3. The Morgan fingerprint density at radius 3 is 2.58 bits per heavy atom. The molecule has 166 valence electrons. The topological polar surface area (TPSA) is 89.1 Å². The van der Waals surface area contributed by atoms with Crippen molar-refractivity contribution in [2.75, 3.05) is 45.7 Å². The number of benzene rings is 2. The van der Waals surface area contributed by atoms with Gasteiger partial charge in [0.25, 0.3) is 11.6 Å². The summed E-state index contributed by atoms with van der Waals surface area (Å²) in [5.41, 5.74) is 1.92. The van der Waals surface area contributed by atoms with Crippen molar-refractivity contribution in [1.29, 1.82) is 0 Å². The average molecular weight is 428 g/mol.